The number of sulfone groups is 1. The first kappa shape index (κ1) is 19.6. The molecule has 1 aromatic rings. The van der Waals surface area contributed by atoms with Gasteiger partial charge < -0.3 is 4.84 Å². The second-order valence-electron chi connectivity index (χ2n) is 5.01. The minimum absolute atomic E-state index is 0.270. The molecule has 0 aliphatic heterocycles. The zero-order valence-corrected chi connectivity index (χ0v) is 14.3. The first-order valence-electron chi connectivity index (χ1n) is 6.76. The molecule has 1 rings (SSSR count). The van der Waals surface area contributed by atoms with Crippen LogP contribution < -0.4 is 0 Å². The summed E-state index contributed by atoms with van der Waals surface area (Å²) in [5.74, 6) is -2.02. The van der Waals surface area contributed by atoms with Gasteiger partial charge >= 0.3 is 6.08 Å². The number of rotatable bonds is 9. The first-order chi connectivity index (χ1) is 10.7. The summed E-state index contributed by atoms with van der Waals surface area (Å²) < 4.78 is 60.0. The Labute approximate surface area is 136 Å². The van der Waals surface area contributed by atoms with E-state index in [1.165, 1.54) is 12.4 Å². The molecule has 10 heteroatoms. The number of halogens is 3. The molecular weight excluding hydrogens is 353 g/mol. The summed E-state index contributed by atoms with van der Waals surface area (Å²) in [7, 11) is -3.92. The van der Waals surface area contributed by atoms with E-state index in [1.807, 2.05) is 13.8 Å². The van der Waals surface area contributed by atoms with Gasteiger partial charge in [-0.05, 0) is 12.3 Å². The predicted molar refractivity (Wildman–Crippen MR) is 82.1 cm³/mol. The fraction of sp³-hybridized carbons (Fsp3) is 0.538. The van der Waals surface area contributed by atoms with Gasteiger partial charge in [-0.15, -0.1) is 11.3 Å². The highest BCUT2D eigenvalue weighted by molar-refractivity contribution is 7.93. The van der Waals surface area contributed by atoms with Crippen LogP contribution in [0.25, 0.3) is 0 Å². The second kappa shape index (κ2) is 9.02. The minimum atomic E-state index is -3.92. The number of aromatic nitrogens is 1. The van der Waals surface area contributed by atoms with Crippen LogP contribution in [0.3, 0.4) is 0 Å². The van der Waals surface area contributed by atoms with Gasteiger partial charge in [0, 0.05) is 12.6 Å². The van der Waals surface area contributed by atoms with Gasteiger partial charge in [0.1, 0.15) is 6.61 Å². The Morgan fingerprint density at radius 1 is 1.43 bits per heavy atom. The Morgan fingerprint density at radius 2 is 2.13 bits per heavy atom. The van der Waals surface area contributed by atoms with Gasteiger partial charge in [-0.2, -0.15) is 8.78 Å². The molecule has 0 aliphatic carbocycles. The lowest BCUT2D eigenvalue weighted by molar-refractivity contribution is 0.134. The van der Waals surface area contributed by atoms with Gasteiger partial charge in [0.15, 0.2) is 5.83 Å². The molecule has 0 fully saturated rings. The Hall–Kier alpha value is -1.42. The quantitative estimate of drug-likeness (QED) is 0.377. The van der Waals surface area contributed by atoms with Crippen molar-refractivity contribution in [1.29, 1.82) is 0 Å². The molecular formula is C13H17F3N2O3S2. The standard InChI is InChI=1S/C13H17F3N2O3S2/c1-9(2)3-5-21-18-8-10-7-17-13(22-10)23(19,20)6-4-11(14)12(15)16/h7-9H,3-6H2,1-2H3/b18-8+. The molecule has 130 valence electrons. The molecule has 0 unspecified atom stereocenters. The highest BCUT2D eigenvalue weighted by Crippen LogP contribution is 2.21. The summed E-state index contributed by atoms with van der Waals surface area (Å²) in [6.07, 6.45) is 0.0364. The van der Waals surface area contributed by atoms with Crippen LogP contribution in [0, 0.1) is 5.92 Å². The molecule has 23 heavy (non-hydrogen) atoms. The van der Waals surface area contributed by atoms with Crippen molar-refractivity contribution in [3.05, 3.63) is 23.0 Å². The molecule has 0 radical (unpaired) electrons. The van der Waals surface area contributed by atoms with Gasteiger partial charge in [-0.25, -0.2) is 17.8 Å². The monoisotopic (exact) mass is 370 g/mol. The van der Waals surface area contributed by atoms with Crippen molar-refractivity contribution in [3.63, 3.8) is 0 Å². The number of nitrogens with zero attached hydrogens (tertiary/aromatic N) is 2. The molecule has 0 atom stereocenters. The Balaban J connectivity index is 2.61. The summed E-state index contributed by atoms with van der Waals surface area (Å²) in [6, 6.07) is 0. The van der Waals surface area contributed by atoms with Crippen LogP contribution in [0.1, 0.15) is 31.6 Å². The largest absolute Gasteiger partial charge is 0.396 e. The lowest BCUT2D eigenvalue weighted by atomic mass is 10.1. The average Bonchev–Trinajstić information content (AvgIpc) is 2.93. The van der Waals surface area contributed by atoms with Gasteiger partial charge in [0.05, 0.1) is 16.8 Å². The van der Waals surface area contributed by atoms with Crippen molar-refractivity contribution in [2.45, 2.75) is 31.0 Å². The number of hydrogen-bond donors (Lipinski definition) is 0. The van der Waals surface area contributed by atoms with Crippen molar-refractivity contribution in [3.8, 4) is 0 Å². The fourth-order valence-corrected chi connectivity index (χ4v) is 3.70. The molecule has 0 saturated carbocycles. The molecule has 1 heterocycles. The van der Waals surface area contributed by atoms with E-state index >= 15 is 0 Å². The topological polar surface area (TPSA) is 68.6 Å². The third kappa shape index (κ3) is 7.12. The molecule has 0 N–H and O–H groups in total. The minimum Gasteiger partial charge on any atom is -0.396 e. The SMILES string of the molecule is CC(C)CCO/N=C/c1cnc(S(=O)(=O)CCC(F)=C(F)F)s1. The van der Waals surface area contributed by atoms with Crippen molar-refractivity contribution < 1.29 is 26.4 Å². The van der Waals surface area contributed by atoms with Crippen LogP contribution in [-0.4, -0.2) is 32.0 Å². The third-order valence-electron chi connectivity index (χ3n) is 2.60. The van der Waals surface area contributed by atoms with E-state index in [4.69, 9.17) is 4.84 Å². The Kier molecular flexibility index (Phi) is 7.69. The number of oxime groups is 1. The van der Waals surface area contributed by atoms with E-state index in [2.05, 4.69) is 10.1 Å². The Bertz CT molecular complexity index is 666. The van der Waals surface area contributed by atoms with E-state index < -0.39 is 33.9 Å². The summed E-state index contributed by atoms with van der Waals surface area (Å²) in [6.45, 7) is 4.53. The summed E-state index contributed by atoms with van der Waals surface area (Å²) in [4.78, 5) is 9.14. The van der Waals surface area contributed by atoms with E-state index in [9.17, 15) is 21.6 Å². The Morgan fingerprint density at radius 3 is 2.74 bits per heavy atom. The maximum Gasteiger partial charge on any atom is 0.301 e. The number of thiazole rings is 1. The van der Waals surface area contributed by atoms with Crippen LogP contribution >= 0.6 is 11.3 Å². The summed E-state index contributed by atoms with van der Waals surface area (Å²) in [5.41, 5.74) is 0. The van der Waals surface area contributed by atoms with E-state index in [0.717, 1.165) is 17.8 Å². The maximum absolute atomic E-state index is 12.7. The lowest BCUT2D eigenvalue weighted by Gasteiger charge is -2.01. The highest BCUT2D eigenvalue weighted by atomic mass is 32.2. The zero-order chi connectivity index (χ0) is 17.5. The predicted octanol–water partition coefficient (Wildman–Crippen LogP) is 3.78. The first-order valence-corrected chi connectivity index (χ1v) is 9.23. The molecule has 0 bridgehead atoms. The molecule has 5 nitrogen and oxygen atoms in total. The highest BCUT2D eigenvalue weighted by Gasteiger charge is 2.20. The van der Waals surface area contributed by atoms with Crippen LogP contribution in [0.15, 0.2) is 27.6 Å². The van der Waals surface area contributed by atoms with Crippen molar-refractivity contribution in [2.24, 2.45) is 11.1 Å². The van der Waals surface area contributed by atoms with Gasteiger partial charge in [-0.1, -0.05) is 19.0 Å². The van der Waals surface area contributed by atoms with E-state index in [-0.39, 0.29) is 4.34 Å². The number of hydrogen-bond acceptors (Lipinski definition) is 6. The van der Waals surface area contributed by atoms with E-state index in [1.54, 1.807) is 0 Å². The lowest BCUT2D eigenvalue weighted by Crippen LogP contribution is -2.06. The van der Waals surface area contributed by atoms with Crippen LogP contribution in [0.5, 0.6) is 0 Å². The van der Waals surface area contributed by atoms with Crippen LogP contribution in [0.4, 0.5) is 13.2 Å². The smallest absolute Gasteiger partial charge is 0.301 e. The zero-order valence-electron chi connectivity index (χ0n) is 12.6. The molecule has 0 saturated heterocycles. The molecule has 0 amide bonds. The van der Waals surface area contributed by atoms with Gasteiger partial charge in [0.2, 0.25) is 14.2 Å². The van der Waals surface area contributed by atoms with Gasteiger partial charge in [0.25, 0.3) is 0 Å². The second-order valence-corrected chi connectivity index (χ2v) is 8.36. The van der Waals surface area contributed by atoms with Gasteiger partial charge in [-0.3, -0.25) is 0 Å². The third-order valence-corrected chi connectivity index (χ3v) is 5.72. The van der Waals surface area contributed by atoms with Crippen molar-refractivity contribution in [1.82, 2.24) is 4.98 Å². The maximum atomic E-state index is 12.7. The van der Waals surface area contributed by atoms with Crippen molar-refractivity contribution in [2.75, 3.05) is 12.4 Å². The van der Waals surface area contributed by atoms with Crippen LogP contribution in [0.2, 0.25) is 0 Å². The average molecular weight is 370 g/mol. The molecule has 0 spiro atoms. The molecule has 1 aromatic heterocycles. The van der Waals surface area contributed by atoms with Crippen LogP contribution in [-0.2, 0) is 14.7 Å². The number of allylic oxidation sites excluding steroid dienone is 1. The summed E-state index contributed by atoms with van der Waals surface area (Å²) in [5, 5.41) is 3.69. The fourth-order valence-electron chi connectivity index (χ4n) is 1.31. The normalized spacial score (nSPS) is 12.1. The van der Waals surface area contributed by atoms with Crippen molar-refractivity contribution >= 4 is 27.4 Å². The molecule has 0 aromatic carbocycles. The summed E-state index contributed by atoms with van der Waals surface area (Å²) >= 11 is 0.810. The van der Waals surface area contributed by atoms with E-state index in [0.29, 0.717) is 17.4 Å². The molecule has 0 aliphatic rings.